The van der Waals surface area contributed by atoms with Crippen LogP contribution in [0.25, 0.3) is 5.69 Å². The molecule has 1 aliphatic heterocycles. The molecule has 0 bridgehead atoms. The fraction of sp³-hybridized carbons (Fsp3) is 0.333. The molecular formula is C12H12FN5O4S. The second-order valence-corrected chi connectivity index (χ2v) is 7.29. The Labute approximate surface area is 129 Å². The molecular weight excluding hydrogens is 329 g/mol. The molecule has 1 saturated heterocycles. The molecule has 1 fully saturated rings. The summed E-state index contributed by atoms with van der Waals surface area (Å²) >= 11 is 0. The van der Waals surface area contributed by atoms with Crippen molar-refractivity contribution in [3.63, 3.8) is 0 Å². The summed E-state index contributed by atoms with van der Waals surface area (Å²) in [6.07, 6.45) is 0. The van der Waals surface area contributed by atoms with E-state index in [2.05, 4.69) is 10.4 Å². The molecule has 0 N–H and O–H groups in total. The number of nitrogens with zero attached hydrogens (tertiary/aromatic N) is 5. The van der Waals surface area contributed by atoms with E-state index in [1.165, 1.54) is 23.1 Å². The number of amides is 1. The van der Waals surface area contributed by atoms with Gasteiger partial charge in [-0.05, 0) is 28.6 Å². The van der Waals surface area contributed by atoms with Gasteiger partial charge in [0.05, 0.1) is 17.2 Å². The van der Waals surface area contributed by atoms with Crippen molar-refractivity contribution in [1.82, 2.24) is 24.7 Å². The molecule has 2 heterocycles. The standard InChI is InChI=1S/C12H12FN5O4S/c13-9-2-1-3-10(8-9)17-12(20)18(15-14-17)11(19)16-4-6-23(21,22)7-5-16/h1-3,8H,4-7H2. The summed E-state index contributed by atoms with van der Waals surface area (Å²) in [4.78, 5) is 25.7. The van der Waals surface area contributed by atoms with E-state index < -0.39 is 27.4 Å². The highest BCUT2D eigenvalue weighted by molar-refractivity contribution is 7.91. The highest BCUT2D eigenvalue weighted by Gasteiger charge is 2.28. The maximum atomic E-state index is 13.2. The molecule has 0 radical (unpaired) electrons. The van der Waals surface area contributed by atoms with Crippen LogP contribution in [-0.4, -0.2) is 63.7 Å². The minimum Gasteiger partial charge on any atom is -0.321 e. The normalized spacial score (nSPS) is 17.2. The Morgan fingerprint density at radius 2 is 1.87 bits per heavy atom. The van der Waals surface area contributed by atoms with Crippen LogP contribution in [0.1, 0.15) is 0 Å². The summed E-state index contributed by atoms with van der Waals surface area (Å²) in [6.45, 7) is -0.0269. The lowest BCUT2D eigenvalue weighted by Crippen LogP contribution is -2.48. The predicted octanol–water partition coefficient (Wildman–Crippen LogP) is -0.733. The van der Waals surface area contributed by atoms with E-state index in [4.69, 9.17) is 0 Å². The van der Waals surface area contributed by atoms with Gasteiger partial charge in [-0.1, -0.05) is 6.07 Å². The van der Waals surface area contributed by atoms with Gasteiger partial charge in [0, 0.05) is 13.1 Å². The Bertz CT molecular complexity index is 906. The average molecular weight is 341 g/mol. The first-order chi connectivity index (χ1) is 10.9. The zero-order valence-electron chi connectivity index (χ0n) is 11.8. The number of tetrazole rings is 1. The van der Waals surface area contributed by atoms with Crippen molar-refractivity contribution < 1.29 is 17.6 Å². The number of halogens is 1. The first-order valence-electron chi connectivity index (χ1n) is 6.68. The maximum Gasteiger partial charge on any atom is 0.377 e. The van der Waals surface area contributed by atoms with Gasteiger partial charge in [0.15, 0.2) is 9.84 Å². The molecule has 0 spiro atoms. The fourth-order valence-electron chi connectivity index (χ4n) is 2.17. The second-order valence-electron chi connectivity index (χ2n) is 4.99. The topological polar surface area (TPSA) is 107 Å². The Kier molecular flexibility index (Phi) is 3.72. The van der Waals surface area contributed by atoms with Gasteiger partial charge in [0.1, 0.15) is 5.82 Å². The highest BCUT2D eigenvalue weighted by Crippen LogP contribution is 2.07. The summed E-state index contributed by atoms with van der Waals surface area (Å²) < 4.78 is 37.3. The van der Waals surface area contributed by atoms with E-state index >= 15 is 0 Å². The Balaban J connectivity index is 1.88. The molecule has 0 atom stereocenters. The van der Waals surface area contributed by atoms with E-state index in [0.29, 0.717) is 4.68 Å². The van der Waals surface area contributed by atoms with E-state index in [0.717, 1.165) is 10.7 Å². The number of sulfone groups is 1. The van der Waals surface area contributed by atoms with Gasteiger partial charge in [0.25, 0.3) is 0 Å². The first kappa shape index (κ1) is 15.3. The van der Waals surface area contributed by atoms with E-state index in [9.17, 15) is 22.4 Å². The van der Waals surface area contributed by atoms with Crippen molar-refractivity contribution >= 4 is 15.9 Å². The molecule has 3 rings (SSSR count). The van der Waals surface area contributed by atoms with Crippen molar-refractivity contribution in [2.75, 3.05) is 24.6 Å². The number of benzene rings is 1. The molecule has 1 amide bonds. The number of aromatic nitrogens is 4. The molecule has 122 valence electrons. The SMILES string of the molecule is O=C(N1CCS(=O)(=O)CC1)n1nnn(-c2cccc(F)c2)c1=O. The number of carbonyl (C=O) groups is 1. The molecule has 23 heavy (non-hydrogen) atoms. The van der Waals surface area contributed by atoms with Gasteiger partial charge in [-0.15, -0.1) is 4.68 Å². The third kappa shape index (κ3) is 2.99. The van der Waals surface area contributed by atoms with E-state index in [-0.39, 0.29) is 30.3 Å². The van der Waals surface area contributed by atoms with Crippen molar-refractivity contribution in [2.24, 2.45) is 0 Å². The Hall–Kier alpha value is -2.56. The smallest absolute Gasteiger partial charge is 0.321 e. The van der Waals surface area contributed by atoms with Crippen LogP contribution in [0.2, 0.25) is 0 Å². The van der Waals surface area contributed by atoms with Crippen LogP contribution in [0.15, 0.2) is 29.1 Å². The molecule has 0 saturated carbocycles. The number of rotatable bonds is 1. The molecule has 11 heteroatoms. The first-order valence-corrected chi connectivity index (χ1v) is 8.50. The van der Waals surface area contributed by atoms with Crippen molar-refractivity contribution in [2.45, 2.75) is 0 Å². The van der Waals surface area contributed by atoms with E-state index in [1.807, 2.05) is 0 Å². The minimum absolute atomic E-state index is 0.0135. The Morgan fingerprint density at radius 1 is 1.17 bits per heavy atom. The molecule has 1 aliphatic rings. The van der Waals surface area contributed by atoms with Crippen LogP contribution in [-0.2, 0) is 9.84 Å². The summed E-state index contributed by atoms with van der Waals surface area (Å²) in [5.74, 6) is -0.881. The van der Waals surface area contributed by atoms with Gasteiger partial charge >= 0.3 is 11.7 Å². The molecule has 0 aliphatic carbocycles. The predicted molar refractivity (Wildman–Crippen MR) is 76.6 cm³/mol. The Morgan fingerprint density at radius 3 is 2.52 bits per heavy atom. The molecule has 0 unspecified atom stereocenters. The third-order valence-electron chi connectivity index (χ3n) is 3.43. The third-order valence-corrected chi connectivity index (χ3v) is 5.04. The lowest BCUT2D eigenvalue weighted by atomic mass is 10.3. The quantitative estimate of drug-likeness (QED) is 0.633. The highest BCUT2D eigenvalue weighted by atomic mass is 32.2. The molecule has 1 aromatic heterocycles. The minimum atomic E-state index is -3.15. The number of hydrogen-bond acceptors (Lipinski definition) is 6. The van der Waals surface area contributed by atoms with Crippen molar-refractivity contribution in [1.29, 1.82) is 0 Å². The lowest BCUT2D eigenvalue weighted by molar-refractivity contribution is 0.199. The van der Waals surface area contributed by atoms with Crippen LogP contribution < -0.4 is 5.69 Å². The summed E-state index contributed by atoms with van der Waals surface area (Å²) in [5.41, 5.74) is -0.718. The van der Waals surface area contributed by atoms with Gasteiger partial charge in [-0.2, -0.15) is 4.68 Å². The van der Waals surface area contributed by atoms with Crippen LogP contribution >= 0.6 is 0 Å². The van der Waals surface area contributed by atoms with Crippen LogP contribution in [0, 0.1) is 5.82 Å². The van der Waals surface area contributed by atoms with Gasteiger partial charge < -0.3 is 4.90 Å². The van der Waals surface area contributed by atoms with Gasteiger partial charge in [-0.25, -0.2) is 22.4 Å². The zero-order chi connectivity index (χ0) is 16.6. The zero-order valence-corrected chi connectivity index (χ0v) is 12.6. The second kappa shape index (κ2) is 5.57. The lowest BCUT2D eigenvalue weighted by Gasteiger charge is -2.25. The monoisotopic (exact) mass is 341 g/mol. The van der Waals surface area contributed by atoms with Crippen molar-refractivity contribution in [3.05, 3.63) is 40.6 Å². The average Bonchev–Trinajstić information content (AvgIpc) is 2.88. The summed E-state index contributed by atoms with van der Waals surface area (Å²) in [7, 11) is -3.15. The summed E-state index contributed by atoms with van der Waals surface area (Å²) in [5, 5.41) is 7.04. The largest absolute Gasteiger partial charge is 0.377 e. The van der Waals surface area contributed by atoms with Crippen LogP contribution in [0.3, 0.4) is 0 Å². The fourth-order valence-corrected chi connectivity index (χ4v) is 3.38. The van der Waals surface area contributed by atoms with Gasteiger partial charge in [0.2, 0.25) is 0 Å². The van der Waals surface area contributed by atoms with Crippen molar-refractivity contribution in [3.8, 4) is 5.69 Å². The molecule has 1 aromatic carbocycles. The maximum absolute atomic E-state index is 13.2. The number of hydrogen-bond donors (Lipinski definition) is 0. The molecule has 2 aromatic rings. The van der Waals surface area contributed by atoms with Crippen LogP contribution in [0.4, 0.5) is 9.18 Å². The van der Waals surface area contributed by atoms with Crippen LogP contribution in [0.5, 0.6) is 0 Å². The van der Waals surface area contributed by atoms with Gasteiger partial charge in [-0.3, -0.25) is 0 Å². The van der Waals surface area contributed by atoms with E-state index in [1.54, 1.807) is 0 Å². The number of carbonyl (C=O) groups excluding carboxylic acids is 1. The molecule has 9 nitrogen and oxygen atoms in total. The summed E-state index contributed by atoms with van der Waals surface area (Å²) in [6, 6.07) is 4.37.